The quantitative estimate of drug-likeness (QED) is 0.280. The van der Waals surface area contributed by atoms with Crippen LogP contribution in [0.15, 0.2) is 0 Å². The molecule has 0 radical (unpaired) electrons. The van der Waals surface area contributed by atoms with Crippen molar-refractivity contribution in [2.75, 3.05) is 20.3 Å². The first kappa shape index (κ1) is 23.0. The molecule has 34 heavy (non-hydrogen) atoms. The van der Waals surface area contributed by atoms with E-state index >= 15 is 0 Å². The standard InChI is InChI=1S/C22H34O12/c1-12(28-6)9-10-29-19(27)8-7-17-20(31-14(3)24)22(33-16(5)26)21(32-15(4)25)18(34-17)11-30-13(2)23/h12,17-18,20-22H,7-11H2,1-6H3/t12?,17?,18-,20+,21-,22-/m1/s1/i2D,3D,4D,5D. The maximum absolute atomic E-state index is 12.3. The summed E-state index contributed by atoms with van der Waals surface area (Å²) < 4.78 is 65.7. The van der Waals surface area contributed by atoms with E-state index in [1.807, 2.05) is 0 Å². The average molecular weight is 495 g/mol. The molecule has 2 unspecified atom stereocenters. The molecule has 0 N–H and O–H groups in total. The summed E-state index contributed by atoms with van der Waals surface area (Å²) in [7, 11) is 1.52. The minimum absolute atomic E-state index is 0.0806. The molecule has 0 aromatic rings. The van der Waals surface area contributed by atoms with Gasteiger partial charge in [-0.1, -0.05) is 0 Å². The number of methoxy groups -OCH3 is 1. The van der Waals surface area contributed by atoms with Crippen LogP contribution >= 0.6 is 0 Å². The molecule has 0 aliphatic carbocycles. The van der Waals surface area contributed by atoms with Crippen molar-refractivity contribution in [2.24, 2.45) is 0 Å². The van der Waals surface area contributed by atoms with E-state index in [-0.39, 0.29) is 25.6 Å². The van der Waals surface area contributed by atoms with Crippen LogP contribution in [0.4, 0.5) is 0 Å². The third-order valence-corrected chi connectivity index (χ3v) is 4.76. The molecule has 12 nitrogen and oxygen atoms in total. The first-order valence-electron chi connectivity index (χ1n) is 13.2. The molecular formula is C22H34O12. The van der Waals surface area contributed by atoms with Gasteiger partial charge < -0.3 is 33.2 Å². The number of ether oxygens (including phenoxy) is 7. The van der Waals surface area contributed by atoms with Crippen LogP contribution in [-0.2, 0) is 57.1 Å². The second-order valence-electron chi connectivity index (χ2n) is 7.35. The monoisotopic (exact) mass is 494 g/mol. The minimum Gasteiger partial charge on any atom is -0.466 e. The zero-order chi connectivity index (χ0) is 28.7. The lowest BCUT2D eigenvalue weighted by molar-refractivity contribution is -0.253. The van der Waals surface area contributed by atoms with Gasteiger partial charge in [-0.15, -0.1) is 0 Å². The zero-order valence-corrected chi connectivity index (χ0v) is 19.2. The summed E-state index contributed by atoms with van der Waals surface area (Å²) in [5.74, 6) is -4.76. The van der Waals surface area contributed by atoms with Crippen LogP contribution < -0.4 is 0 Å². The van der Waals surface area contributed by atoms with Crippen LogP contribution in [0.25, 0.3) is 0 Å². The summed E-state index contributed by atoms with van der Waals surface area (Å²) in [5.41, 5.74) is 0. The molecule has 1 aliphatic rings. The topological polar surface area (TPSA) is 150 Å². The van der Waals surface area contributed by atoms with Crippen molar-refractivity contribution in [3.63, 3.8) is 0 Å². The maximum Gasteiger partial charge on any atom is 0.305 e. The molecule has 0 amide bonds. The molecule has 0 bridgehead atoms. The first-order valence-corrected chi connectivity index (χ1v) is 10.3. The number of rotatable bonds is 12. The first-order chi connectivity index (χ1) is 18.1. The molecule has 1 aliphatic heterocycles. The molecule has 12 heteroatoms. The van der Waals surface area contributed by atoms with Crippen LogP contribution in [0.5, 0.6) is 0 Å². The molecule has 0 saturated carbocycles. The lowest BCUT2D eigenvalue weighted by Gasteiger charge is -2.44. The van der Waals surface area contributed by atoms with E-state index in [2.05, 4.69) is 0 Å². The molecule has 1 fully saturated rings. The number of hydrogen-bond acceptors (Lipinski definition) is 12. The van der Waals surface area contributed by atoms with E-state index in [4.69, 9.17) is 38.6 Å². The van der Waals surface area contributed by atoms with Crippen molar-refractivity contribution in [2.45, 2.75) is 90.4 Å². The Morgan fingerprint density at radius 2 is 1.38 bits per heavy atom. The fourth-order valence-corrected chi connectivity index (χ4v) is 3.20. The fourth-order valence-electron chi connectivity index (χ4n) is 3.20. The van der Waals surface area contributed by atoms with Gasteiger partial charge in [-0.25, -0.2) is 0 Å². The molecule has 194 valence electrons. The summed E-state index contributed by atoms with van der Waals surface area (Å²) in [6, 6.07) is 0. The molecule has 1 rings (SSSR count). The Kier molecular flexibility index (Phi) is 9.83. The zero-order valence-electron chi connectivity index (χ0n) is 23.2. The van der Waals surface area contributed by atoms with Gasteiger partial charge >= 0.3 is 29.8 Å². The van der Waals surface area contributed by atoms with E-state index in [1.165, 1.54) is 7.11 Å². The van der Waals surface area contributed by atoms with Gasteiger partial charge in [0.15, 0.2) is 18.3 Å². The van der Waals surface area contributed by atoms with E-state index in [0.717, 1.165) is 0 Å². The van der Waals surface area contributed by atoms with Gasteiger partial charge in [-0.2, -0.15) is 0 Å². The van der Waals surface area contributed by atoms with Crippen molar-refractivity contribution in [3.8, 4) is 0 Å². The Morgan fingerprint density at radius 1 is 0.824 bits per heavy atom. The van der Waals surface area contributed by atoms with Crippen LogP contribution in [0.2, 0.25) is 0 Å². The van der Waals surface area contributed by atoms with Crippen LogP contribution in [0, 0.1) is 0 Å². The third kappa shape index (κ3) is 10.5. The minimum atomic E-state index is -1.59. The van der Waals surface area contributed by atoms with Crippen LogP contribution in [0.3, 0.4) is 0 Å². The fraction of sp³-hybridized carbons (Fsp3) is 0.773. The highest BCUT2D eigenvalue weighted by atomic mass is 16.7. The summed E-state index contributed by atoms with van der Waals surface area (Å²) in [4.78, 5) is 60.0. The predicted octanol–water partition coefficient (Wildman–Crippen LogP) is 0.860. The van der Waals surface area contributed by atoms with E-state index in [0.29, 0.717) is 6.42 Å². The Balaban J connectivity index is 3.24. The van der Waals surface area contributed by atoms with Crippen molar-refractivity contribution in [3.05, 3.63) is 0 Å². The largest absolute Gasteiger partial charge is 0.466 e. The normalized spacial score (nSPS) is 26.5. The van der Waals surface area contributed by atoms with Gasteiger partial charge in [0.1, 0.15) is 12.7 Å². The molecule has 0 aromatic carbocycles. The van der Waals surface area contributed by atoms with Crippen molar-refractivity contribution in [1.82, 2.24) is 0 Å². The van der Waals surface area contributed by atoms with Gasteiger partial charge in [0.25, 0.3) is 0 Å². The lowest BCUT2D eigenvalue weighted by Crippen LogP contribution is -2.62. The Hall–Kier alpha value is -2.73. The Morgan fingerprint density at radius 3 is 1.94 bits per heavy atom. The van der Waals surface area contributed by atoms with Crippen molar-refractivity contribution < 1.29 is 62.6 Å². The highest BCUT2D eigenvalue weighted by molar-refractivity contribution is 5.70. The summed E-state index contributed by atoms with van der Waals surface area (Å²) in [5, 5.41) is 0. The number of carbonyl (C=O) groups is 5. The Labute approximate surface area is 204 Å². The average Bonchev–Trinajstić information content (AvgIpc) is 2.92. The van der Waals surface area contributed by atoms with Crippen molar-refractivity contribution >= 4 is 29.8 Å². The maximum atomic E-state index is 12.3. The highest BCUT2D eigenvalue weighted by Crippen LogP contribution is 2.31. The van der Waals surface area contributed by atoms with Crippen LogP contribution in [0.1, 0.15) is 59.3 Å². The summed E-state index contributed by atoms with van der Waals surface area (Å²) in [6.45, 7) is -1.90. The lowest BCUT2D eigenvalue weighted by atomic mass is 9.92. The van der Waals surface area contributed by atoms with Crippen molar-refractivity contribution in [1.29, 1.82) is 0 Å². The molecule has 0 aromatic heterocycles. The summed E-state index contributed by atoms with van der Waals surface area (Å²) >= 11 is 0. The number of hydrogen-bond donors (Lipinski definition) is 0. The molecule has 0 spiro atoms. The van der Waals surface area contributed by atoms with Crippen LogP contribution in [-0.4, -0.2) is 86.8 Å². The van der Waals surface area contributed by atoms with Gasteiger partial charge in [0.05, 0.1) is 18.8 Å². The van der Waals surface area contributed by atoms with Gasteiger partial charge in [-0.05, 0) is 13.3 Å². The SMILES string of the molecule is [2H]CC(=O)OC[C@H]1OC(CCC(=O)OCCC(C)OC)[C@H](OC(=O)C[2H])[C@@H](OC(=O)C[2H])[C@@H]1OC(=O)C[2H]. The number of esters is 5. The predicted molar refractivity (Wildman–Crippen MR) is 113 cm³/mol. The third-order valence-electron chi connectivity index (χ3n) is 4.76. The molecule has 1 saturated heterocycles. The molecule has 1 heterocycles. The van der Waals surface area contributed by atoms with Gasteiger partial charge in [0, 0.05) is 53.0 Å². The second kappa shape index (κ2) is 14.5. The van der Waals surface area contributed by atoms with Gasteiger partial charge in [0.2, 0.25) is 0 Å². The number of carbonyl (C=O) groups excluding carboxylic acids is 5. The molecule has 6 atom stereocenters. The van der Waals surface area contributed by atoms with E-state index in [1.54, 1.807) is 6.92 Å². The van der Waals surface area contributed by atoms with Gasteiger partial charge in [-0.3, -0.25) is 24.0 Å². The second-order valence-corrected chi connectivity index (χ2v) is 7.35. The highest BCUT2D eigenvalue weighted by Gasteiger charge is 2.51. The Bertz CT molecular complexity index is 798. The summed E-state index contributed by atoms with van der Waals surface area (Å²) in [6.07, 6.45) is -7.22. The smallest absolute Gasteiger partial charge is 0.305 e. The van der Waals surface area contributed by atoms with E-state index in [9.17, 15) is 24.0 Å². The van der Waals surface area contributed by atoms with E-state index < -0.39 is 94.6 Å². The molecular weight excluding hydrogens is 456 g/mol.